The van der Waals surface area contributed by atoms with Crippen molar-refractivity contribution < 1.29 is 14.3 Å². The zero-order valence-corrected chi connectivity index (χ0v) is 10.9. The Morgan fingerprint density at radius 2 is 1.94 bits per heavy atom. The van der Waals surface area contributed by atoms with Gasteiger partial charge in [-0.1, -0.05) is 26.0 Å². The van der Waals surface area contributed by atoms with E-state index >= 15 is 0 Å². The lowest BCUT2D eigenvalue weighted by Crippen LogP contribution is -2.27. The van der Waals surface area contributed by atoms with Crippen LogP contribution in [0.3, 0.4) is 0 Å². The summed E-state index contributed by atoms with van der Waals surface area (Å²) < 4.78 is 11.0. The van der Waals surface area contributed by atoms with Crippen molar-refractivity contribution >= 4 is 5.78 Å². The molecule has 0 unspecified atom stereocenters. The van der Waals surface area contributed by atoms with Crippen LogP contribution in [0, 0.1) is 0 Å². The van der Waals surface area contributed by atoms with Crippen molar-refractivity contribution in [1.82, 2.24) is 0 Å². The minimum Gasteiger partial charge on any atom is -0.346 e. The van der Waals surface area contributed by atoms with Crippen LogP contribution in [0.4, 0.5) is 0 Å². The zero-order chi connectivity index (χ0) is 12.8. The molecule has 1 aromatic rings. The third-order valence-electron chi connectivity index (χ3n) is 3.94. The van der Waals surface area contributed by atoms with E-state index in [9.17, 15) is 4.79 Å². The van der Waals surface area contributed by atoms with E-state index in [1.165, 1.54) is 0 Å². The van der Waals surface area contributed by atoms with Crippen molar-refractivity contribution in [2.45, 2.75) is 38.4 Å². The average molecular weight is 246 g/mol. The Bertz CT molecular complexity index is 485. The molecule has 1 aliphatic heterocycles. The predicted molar refractivity (Wildman–Crippen MR) is 67.7 cm³/mol. The van der Waals surface area contributed by atoms with Crippen molar-refractivity contribution in [3.05, 3.63) is 34.9 Å². The van der Waals surface area contributed by atoms with Crippen LogP contribution in [0.5, 0.6) is 0 Å². The Morgan fingerprint density at radius 3 is 2.67 bits per heavy atom. The van der Waals surface area contributed by atoms with Gasteiger partial charge in [-0.3, -0.25) is 4.79 Å². The Morgan fingerprint density at radius 1 is 1.22 bits per heavy atom. The molecule has 1 heterocycles. The maximum atomic E-state index is 11.9. The van der Waals surface area contributed by atoms with Crippen molar-refractivity contribution in [1.29, 1.82) is 0 Å². The van der Waals surface area contributed by atoms with Crippen LogP contribution in [0.1, 0.15) is 54.5 Å². The topological polar surface area (TPSA) is 35.5 Å². The molecule has 3 heteroatoms. The molecular weight excluding hydrogens is 228 g/mol. The first kappa shape index (κ1) is 11.9. The molecule has 3 nitrogen and oxygen atoms in total. The average Bonchev–Trinajstić information content (AvgIpc) is 2.88. The van der Waals surface area contributed by atoms with Crippen LogP contribution >= 0.6 is 0 Å². The van der Waals surface area contributed by atoms with Gasteiger partial charge in [0.2, 0.25) is 0 Å². The molecule has 2 aliphatic rings. The Balaban J connectivity index is 2.04. The summed E-state index contributed by atoms with van der Waals surface area (Å²) in [6, 6.07) is 5.97. The molecule has 96 valence electrons. The van der Waals surface area contributed by atoms with E-state index in [-0.39, 0.29) is 17.5 Å². The Hall–Kier alpha value is -1.19. The summed E-state index contributed by atoms with van der Waals surface area (Å²) in [6.07, 6.45) is 1.30. The maximum Gasteiger partial charge on any atom is 0.184 e. The maximum absolute atomic E-state index is 11.9. The number of carbonyl (C=O) groups excluding carboxylic acids is 1. The summed E-state index contributed by atoms with van der Waals surface area (Å²) in [4.78, 5) is 11.9. The van der Waals surface area contributed by atoms with Crippen LogP contribution in [0.2, 0.25) is 0 Å². The molecular formula is C15H18O3. The molecule has 0 atom stereocenters. The molecule has 0 aromatic heterocycles. The van der Waals surface area contributed by atoms with Crippen molar-refractivity contribution in [2.75, 3.05) is 13.2 Å². The van der Waals surface area contributed by atoms with Gasteiger partial charge in [0.15, 0.2) is 12.1 Å². The second kappa shape index (κ2) is 4.18. The highest BCUT2D eigenvalue weighted by molar-refractivity contribution is 5.99. The predicted octanol–water partition coefficient (Wildman–Crippen LogP) is 2.99. The van der Waals surface area contributed by atoms with Gasteiger partial charge in [-0.25, -0.2) is 0 Å². The van der Waals surface area contributed by atoms with E-state index in [1.54, 1.807) is 0 Å². The number of hydrogen-bond donors (Lipinski definition) is 0. The first-order valence-corrected chi connectivity index (χ1v) is 6.49. The number of benzene rings is 1. The number of Topliss-reactive ketones (excluding diaryl/α,β-unsaturated/α-hetero) is 1. The highest BCUT2D eigenvalue weighted by Gasteiger charge is 2.32. The van der Waals surface area contributed by atoms with Gasteiger partial charge in [-0.15, -0.1) is 0 Å². The summed E-state index contributed by atoms with van der Waals surface area (Å²) in [5.41, 5.74) is 3.08. The quantitative estimate of drug-likeness (QED) is 0.764. The normalized spacial score (nSPS) is 23.1. The molecule has 0 saturated carbocycles. The molecule has 18 heavy (non-hydrogen) atoms. The highest BCUT2D eigenvalue weighted by atomic mass is 16.7. The SMILES string of the molecule is CC1(C)CCC(=O)c2ccc(C3OCCO3)cc21. The molecule has 0 amide bonds. The van der Waals surface area contributed by atoms with E-state index in [0.717, 1.165) is 23.1 Å². The number of rotatable bonds is 1. The third kappa shape index (κ3) is 1.88. The summed E-state index contributed by atoms with van der Waals surface area (Å²) in [5.74, 6) is 0.254. The van der Waals surface area contributed by atoms with Gasteiger partial charge in [-0.2, -0.15) is 0 Å². The number of carbonyl (C=O) groups is 1. The molecule has 0 bridgehead atoms. The summed E-state index contributed by atoms with van der Waals surface area (Å²) in [7, 11) is 0. The second-order valence-electron chi connectivity index (χ2n) is 5.69. The smallest absolute Gasteiger partial charge is 0.184 e. The van der Waals surface area contributed by atoms with Gasteiger partial charge >= 0.3 is 0 Å². The van der Waals surface area contributed by atoms with Crippen LogP contribution in [-0.4, -0.2) is 19.0 Å². The minimum absolute atomic E-state index is 0.0534. The van der Waals surface area contributed by atoms with Crippen LogP contribution < -0.4 is 0 Å². The first-order valence-electron chi connectivity index (χ1n) is 6.49. The number of ether oxygens (including phenoxy) is 2. The standard InChI is InChI=1S/C15H18O3/c1-15(2)6-5-13(16)11-4-3-10(9-12(11)15)14-17-7-8-18-14/h3-4,9,14H,5-8H2,1-2H3. The third-order valence-corrected chi connectivity index (χ3v) is 3.94. The number of fused-ring (bicyclic) bond motifs is 1. The van der Waals surface area contributed by atoms with Gasteiger partial charge in [0.25, 0.3) is 0 Å². The Labute approximate surface area is 107 Å². The van der Waals surface area contributed by atoms with Crippen LogP contribution in [0.25, 0.3) is 0 Å². The molecule has 1 aromatic carbocycles. The second-order valence-corrected chi connectivity index (χ2v) is 5.69. The zero-order valence-electron chi connectivity index (χ0n) is 10.9. The minimum atomic E-state index is -0.261. The van der Waals surface area contributed by atoms with E-state index in [2.05, 4.69) is 19.9 Å². The number of hydrogen-bond acceptors (Lipinski definition) is 3. The Kier molecular flexibility index (Phi) is 2.76. The largest absolute Gasteiger partial charge is 0.346 e. The summed E-state index contributed by atoms with van der Waals surface area (Å²) in [6.45, 7) is 5.67. The van der Waals surface area contributed by atoms with E-state index in [4.69, 9.17) is 9.47 Å². The fourth-order valence-electron chi connectivity index (χ4n) is 2.76. The van der Waals surface area contributed by atoms with Gasteiger partial charge in [0.05, 0.1) is 13.2 Å². The fraction of sp³-hybridized carbons (Fsp3) is 0.533. The molecule has 1 saturated heterocycles. The van der Waals surface area contributed by atoms with Gasteiger partial charge in [0.1, 0.15) is 0 Å². The van der Waals surface area contributed by atoms with E-state index in [1.807, 2.05) is 12.1 Å². The van der Waals surface area contributed by atoms with Gasteiger partial charge < -0.3 is 9.47 Å². The summed E-state index contributed by atoms with van der Waals surface area (Å²) >= 11 is 0. The monoisotopic (exact) mass is 246 g/mol. The highest BCUT2D eigenvalue weighted by Crippen LogP contribution is 2.38. The van der Waals surface area contributed by atoms with Gasteiger partial charge in [0, 0.05) is 17.5 Å². The molecule has 3 rings (SSSR count). The molecule has 1 fully saturated rings. The molecule has 0 N–H and O–H groups in total. The lowest BCUT2D eigenvalue weighted by molar-refractivity contribution is -0.0442. The van der Waals surface area contributed by atoms with Gasteiger partial charge in [-0.05, 0) is 23.5 Å². The lowest BCUT2D eigenvalue weighted by atomic mass is 9.72. The van der Waals surface area contributed by atoms with Crippen molar-refractivity contribution in [2.24, 2.45) is 0 Å². The molecule has 0 spiro atoms. The van der Waals surface area contributed by atoms with Crippen LogP contribution in [-0.2, 0) is 14.9 Å². The van der Waals surface area contributed by atoms with Crippen molar-refractivity contribution in [3.63, 3.8) is 0 Å². The van der Waals surface area contributed by atoms with Crippen LogP contribution in [0.15, 0.2) is 18.2 Å². The molecule has 1 aliphatic carbocycles. The van der Waals surface area contributed by atoms with Crippen molar-refractivity contribution in [3.8, 4) is 0 Å². The van der Waals surface area contributed by atoms with E-state index in [0.29, 0.717) is 19.6 Å². The fourth-order valence-corrected chi connectivity index (χ4v) is 2.76. The first-order chi connectivity index (χ1) is 8.58. The number of ketones is 1. The molecule has 0 radical (unpaired) electrons. The summed E-state index contributed by atoms with van der Waals surface area (Å²) in [5, 5.41) is 0. The van der Waals surface area contributed by atoms with E-state index < -0.39 is 0 Å². The lowest BCUT2D eigenvalue weighted by Gasteiger charge is -2.32.